The van der Waals surface area contributed by atoms with Crippen molar-refractivity contribution in [3.05, 3.63) is 58.5 Å². The van der Waals surface area contributed by atoms with E-state index in [1.807, 2.05) is 0 Å². The minimum absolute atomic E-state index is 0.0506. The van der Waals surface area contributed by atoms with Gasteiger partial charge in [0, 0.05) is 44.4 Å². The van der Waals surface area contributed by atoms with Crippen LogP contribution in [-0.2, 0) is 0 Å². The number of thiazole rings is 1. The van der Waals surface area contributed by atoms with Gasteiger partial charge in [-0.15, -0.1) is 0 Å². The second kappa shape index (κ2) is 7.26. The predicted molar refractivity (Wildman–Crippen MR) is 109 cm³/mol. The second-order valence-electron chi connectivity index (χ2n) is 6.74. The van der Waals surface area contributed by atoms with E-state index in [0.717, 1.165) is 15.3 Å². The van der Waals surface area contributed by atoms with Gasteiger partial charge in [0.05, 0.1) is 21.4 Å². The number of nitro groups is 1. The highest BCUT2D eigenvalue weighted by molar-refractivity contribution is 7.22. The average Bonchev–Trinajstić information content (AvgIpc) is 3.52. The number of amides is 1. The highest BCUT2D eigenvalue weighted by Gasteiger charge is 2.26. The highest BCUT2D eigenvalue weighted by atomic mass is 32.1. The predicted octanol–water partition coefficient (Wildman–Crippen LogP) is 3.41. The molecule has 0 spiro atoms. The lowest BCUT2D eigenvalue weighted by Gasteiger charge is -2.34. The molecule has 30 heavy (non-hydrogen) atoms. The number of carbonyl (C=O) groups excluding carboxylic acids is 1. The number of benzene rings is 1. The Kier molecular flexibility index (Phi) is 4.43. The molecule has 1 amide bonds. The molecule has 152 valence electrons. The topological polar surface area (TPSA) is 119 Å². The standard InChI is InChI=1S/C19H15N5O5S/c25-18(14-11-16(29-21-14)15-2-1-9-28-15)22-5-7-23(8-6-22)19-20-13-4-3-12(24(26)27)10-17(13)30-19/h1-4,9-11H,5-8H2. The first-order valence-electron chi connectivity index (χ1n) is 9.18. The Hall–Kier alpha value is -3.73. The Bertz CT molecular complexity index is 1220. The Morgan fingerprint density at radius 3 is 2.70 bits per heavy atom. The summed E-state index contributed by atoms with van der Waals surface area (Å²) in [5.41, 5.74) is 1.02. The molecule has 5 rings (SSSR count). The van der Waals surface area contributed by atoms with Crippen molar-refractivity contribution in [2.75, 3.05) is 31.1 Å². The number of piperazine rings is 1. The minimum atomic E-state index is -0.412. The van der Waals surface area contributed by atoms with Crippen LogP contribution in [0.15, 0.2) is 51.6 Å². The number of nitro benzene ring substituents is 1. The molecule has 4 heterocycles. The molecule has 0 saturated carbocycles. The Morgan fingerprint density at radius 2 is 1.97 bits per heavy atom. The number of carbonyl (C=O) groups is 1. The molecule has 1 saturated heterocycles. The van der Waals surface area contributed by atoms with Gasteiger partial charge in [-0.3, -0.25) is 14.9 Å². The number of hydrogen-bond donors (Lipinski definition) is 0. The van der Waals surface area contributed by atoms with Crippen molar-refractivity contribution in [3.8, 4) is 11.5 Å². The third-order valence-electron chi connectivity index (χ3n) is 4.90. The first-order valence-corrected chi connectivity index (χ1v) is 10.00. The van der Waals surface area contributed by atoms with Gasteiger partial charge in [-0.25, -0.2) is 4.98 Å². The zero-order valence-electron chi connectivity index (χ0n) is 15.6. The number of furan rings is 1. The lowest BCUT2D eigenvalue weighted by Crippen LogP contribution is -2.48. The molecule has 1 aliphatic heterocycles. The number of anilines is 1. The maximum absolute atomic E-state index is 12.7. The molecule has 0 radical (unpaired) electrons. The molecule has 3 aromatic heterocycles. The summed E-state index contributed by atoms with van der Waals surface area (Å²) < 4.78 is 11.2. The fourth-order valence-corrected chi connectivity index (χ4v) is 4.37. The van der Waals surface area contributed by atoms with Crippen LogP contribution in [0.4, 0.5) is 10.8 Å². The smallest absolute Gasteiger partial charge is 0.276 e. The van der Waals surface area contributed by atoms with E-state index in [1.54, 1.807) is 29.2 Å². The third kappa shape index (κ3) is 3.28. The monoisotopic (exact) mass is 425 g/mol. The van der Waals surface area contributed by atoms with Crippen LogP contribution in [0.2, 0.25) is 0 Å². The summed E-state index contributed by atoms with van der Waals surface area (Å²) in [5.74, 6) is 0.726. The van der Waals surface area contributed by atoms with Crippen molar-refractivity contribution >= 4 is 38.3 Å². The second-order valence-corrected chi connectivity index (χ2v) is 7.75. The van der Waals surface area contributed by atoms with Crippen molar-refractivity contribution < 1.29 is 18.7 Å². The fourth-order valence-electron chi connectivity index (χ4n) is 3.32. The molecule has 1 fully saturated rings. The number of non-ortho nitro benzene ring substituents is 1. The van der Waals surface area contributed by atoms with Gasteiger partial charge in [0.2, 0.25) is 5.76 Å². The number of aromatic nitrogens is 2. The van der Waals surface area contributed by atoms with E-state index in [2.05, 4.69) is 15.0 Å². The highest BCUT2D eigenvalue weighted by Crippen LogP contribution is 2.32. The van der Waals surface area contributed by atoms with Crippen LogP contribution in [0.5, 0.6) is 0 Å². The van der Waals surface area contributed by atoms with Crippen molar-refractivity contribution in [1.82, 2.24) is 15.0 Å². The van der Waals surface area contributed by atoms with Gasteiger partial charge >= 0.3 is 0 Å². The molecular formula is C19H15N5O5S. The summed E-state index contributed by atoms with van der Waals surface area (Å²) in [6, 6.07) is 9.70. The van der Waals surface area contributed by atoms with Crippen LogP contribution in [-0.4, -0.2) is 52.1 Å². The van der Waals surface area contributed by atoms with Gasteiger partial charge in [0.1, 0.15) is 0 Å². The van der Waals surface area contributed by atoms with E-state index in [0.29, 0.717) is 37.7 Å². The molecule has 4 aromatic rings. The Balaban J connectivity index is 1.26. The van der Waals surface area contributed by atoms with Gasteiger partial charge < -0.3 is 18.7 Å². The zero-order chi connectivity index (χ0) is 20.7. The van der Waals surface area contributed by atoms with E-state index in [4.69, 9.17) is 8.94 Å². The largest absolute Gasteiger partial charge is 0.461 e. The molecule has 11 heteroatoms. The molecule has 1 aromatic carbocycles. The van der Waals surface area contributed by atoms with Gasteiger partial charge in [0.15, 0.2) is 16.6 Å². The number of nitrogens with zero attached hydrogens (tertiary/aromatic N) is 5. The molecule has 0 N–H and O–H groups in total. The summed E-state index contributed by atoms with van der Waals surface area (Å²) in [6.07, 6.45) is 1.53. The molecule has 1 aliphatic rings. The van der Waals surface area contributed by atoms with Gasteiger partial charge in [-0.2, -0.15) is 0 Å². The lowest BCUT2D eigenvalue weighted by atomic mass is 10.2. The normalized spacial score (nSPS) is 14.4. The number of rotatable bonds is 4. The molecule has 0 bridgehead atoms. The van der Waals surface area contributed by atoms with E-state index in [1.165, 1.54) is 29.7 Å². The summed E-state index contributed by atoms with van der Waals surface area (Å²) in [6.45, 7) is 2.24. The van der Waals surface area contributed by atoms with E-state index in [9.17, 15) is 14.9 Å². The Morgan fingerprint density at radius 1 is 1.13 bits per heavy atom. The summed E-state index contributed by atoms with van der Waals surface area (Å²) in [7, 11) is 0. The maximum Gasteiger partial charge on any atom is 0.276 e. The van der Waals surface area contributed by atoms with Crippen LogP contribution >= 0.6 is 11.3 Å². The van der Waals surface area contributed by atoms with Crippen molar-refractivity contribution in [1.29, 1.82) is 0 Å². The third-order valence-corrected chi connectivity index (χ3v) is 5.98. The van der Waals surface area contributed by atoms with Gasteiger partial charge in [-0.1, -0.05) is 16.5 Å². The van der Waals surface area contributed by atoms with Crippen LogP contribution in [0.25, 0.3) is 21.7 Å². The van der Waals surface area contributed by atoms with Crippen LogP contribution < -0.4 is 4.90 Å². The summed E-state index contributed by atoms with van der Waals surface area (Å²) >= 11 is 1.41. The quantitative estimate of drug-likeness (QED) is 0.360. The van der Waals surface area contributed by atoms with Gasteiger partial charge in [-0.05, 0) is 18.2 Å². The fraction of sp³-hybridized carbons (Fsp3) is 0.211. The molecular weight excluding hydrogens is 410 g/mol. The molecule has 0 aliphatic carbocycles. The zero-order valence-corrected chi connectivity index (χ0v) is 16.4. The number of fused-ring (bicyclic) bond motifs is 1. The van der Waals surface area contributed by atoms with Gasteiger partial charge in [0.25, 0.3) is 11.6 Å². The minimum Gasteiger partial charge on any atom is -0.461 e. The van der Waals surface area contributed by atoms with E-state index >= 15 is 0 Å². The summed E-state index contributed by atoms with van der Waals surface area (Å²) in [5, 5.41) is 15.6. The van der Waals surface area contributed by atoms with Crippen molar-refractivity contribution in [2.45, 2.75) is 0 Å². The number of hydrogen-bond acceptors (Lipinski definition) is 9. The van der Waals surface area contributed by atoms with Crippen LogP contribution in [0, 0.1) is 10.1 Å². The van der Waals surface area contributed by atoms with Crippen LogP contribution in [0.3, 0.4) is 0 Å². The Labute approximate surface area is 173 Å². The average molecular weight is 425 g/mol. The molecule has 0 atom stereocenters. The molecule has 10 nitrogen and oxygen atoms in total. The van der Waals surface area contributed by atoms with Crippen molar-refractivity contribution in [2.24, 2.45) is 0 Å². The summed E-state index contributed by atoms with van der Waals surface area (Å²) in [4.78, 5) is 31.7. The van der Waals surface area contributed by atoms with Crippen LogP contribution in [0.1, 0.15) is 10.5 Å². The maximum atomic E-state index is 12.7. The first-order chi connectivity index (χ1) is 14.6. The molecule has 0 unspecified atom stereocenters. The van der Waals surface area contributed by atoms with E-state index < -0.39 is 4.92 Å². The van der Waals surface area contributed by atoms with Crippen molar-refractivity contribution in [3.63, 3.8) is 0 Å². The van der Waals surface area contributed by atoms with E-state index in [-0.39, 0.29) is 17.3 Å². The first kappa shape index (κ1) is 18.3. The SMILES string of the molecule is O=C(c1cc(-c2ccco2)on1)N1CCN(c2nc3ccc([N+](=O)[O-])cc3s2)CC1. The lowest BCUT2D eigenvalue weighted by molar-refractivity contribution is -0.384.